The van der Waals surface area contributed by atoms with Gasteiger partial charge in [-0.1, -0.05) is 74.0 Å². The maximum atomic E-state index is 13.7. The van der Waals surface area contributed by atoms with Crippen LogP contribution in [0, 0.1) is 12.8 Å². The molecular weight excluding hydrogens is 486 g/mol. The van der Waals surface area contributed by atoms with E-state index in [-0.39, 0.29) is 36.1 Å². The molecule has 0 spiro atoms. The Bertz CT molecular complexity index is 1130. The molecule has 0 unspecified atom stereocenters. The molecular formula is C29H41N3O4S. The van der Waals surface area contributed by atoms with Gasteiger partial charge in [-0.2, -0.15) is 4.31 Å². The van der Waals surface area contributed by atoms with Crippen molar-refractivity contribution in [3.05, 3.63) is 71.3 Å². The largest absolute Gasteiger partial charge is 0.342 e. The number of carbonyl (C=O) groups excluding carboxylic acids is 2. The molecule has 1 heterocycles. The third-order valence-corrected chi connectivity index (χ3v) is 8.68. The number of benzene rings is 2. The van der Waals surface area contributed by atoms with E-state index in [0.717, 1.165) is 16.7 Å². The highest BCUT2D eigenvalue weighted by molar-refractivity contribution is 7.89. The number of aryl methyl sites for hydroxylation is 1. The molecule has 7 nitrogen and oxygen atoms in total. The fourth-order valence-electron chi connectivity index (χ4n) is 4.73. The fourth-order valence-corrected chi connectivity index (χ4v) is 5.93. The highest BCUT2D eigenvalue weighted by Crippen LogP contribution is 2.22. The van der Waals surface area contributed by atoms with Gasteiger partial charge in [-0.25, -0.2) is 8.42 Å². The maximum absolute atomic E-state index is 13.7. The van der Waals surface area contributed by atoms with Gasteiger partial charge in [0.2, 0.25) is 21.8 Å². The number of piperidine rings is 1. The van der Waals surface area contributed by atoms with Gasteiger partial charge in [0.05, 0.1) is 18.7 Å². The topological polar surface area (TPSA) is 78.0 Å². The van der Waals surface area contributed by atoms with Gasteiger partial charge in [0.1, 0.15) is 0 Å². The number of hydrogen-bond donors (Lipinski definition) is 0. The number of amides is 2. The summed E-state index contributed by atoms with van der Waals surface area (Å²) in [5.41, 5.74) is 3.15. The highest BCUT2D eigenvalue weighted by atomic mass is 32.2. The Morgan fingerprint density at radius 2 is 1.59 bits per heavy atom. The van der Waals surface area contributed by atoms with Gasteiger partial charge in [0, 0.05) is 32.2 Å². The number of likely N-dealkylation sites (tertiary alicyclic amines) is 1. The second kappa shape index (κ2) is 13.2. The molecule has 0 aliphatic carbocycles. The van der Waals surface area contributed by atoms with Crippen molar-refractivity contribution in [1.29, 1.82) is 0 Å². The van der Waals surface area contributed by atoms with Crippen LogP contribution in [0.2, 0.25) is 0 Å². The molecule has 0 bridgehead atoms. The second-order valence-electron chi connectivity index (χ2n) is 10.4. The molecule has 202 valence electrons. The van der Waals surface area contributed by atoms with Crippen molar-refractivity contribution in [3.8, 4) is 0 Å². The van der Waals surface area contributed by atoms with Crippen LogP contribution in [0.15, 0.2) is 54.6 Å². The first-order valence-corrected chi connectivity index (χ1v) is 14.8. The van der Waals surface area contributed by atoms with E-state index < -0.39 is 10.0 Å². The summed E-state index contributed by atoms with van der Waals surface area (Å²) in [5.74, 6) is -0.0172. The Morgan fingerprint density at radius 3 is 2.16 bits per heavy atom. The van der Waals surface area contributed by atoms with Crippen molar-refractivity contribution < 1.29 is 18.0 Å². The quantitative estimate of drug-likeness (QED) is 0.445. The average molecular weight is 528 g/mol. The Hall–Kier alpha value is -2.71. The zero-order valence-corrected chi connectivity index (χ0v) is 23.4. The lowest BCUT2D eigenvalue weighted by molar-refractivity contribution is -0.137. The van der Waals surface area contributed by atoms with E-state index in [1.807, 2.05) is 85.2 Å². The van der Waals surface area contributed by atoms with Crippen LogP contribution in [0.3, 0.4) is 0 Å². The van der Waals surface area contributed by atoms with Crippen molar-refractivity contribution >= 4 is 21.8 Å². The summed E-state index contributed by atoms with van der Waals surface area (Å²) in [6.45, 7) is 9.27. The lowest BCUT2D eigenvalue weighted by Gasteiger charge is -2.39. The van der Waals surface area contributed by atoms with Gasteiger partial charge in [0.25, 0.3) is 0 Å². The fraction of sp³-hybridized carbons (Fsp3) is 0.517. The molecule has 1 fully saturated rings. The molecule has 1 aliphatic rings. The van der Waals surface area contributed by atoms with Crippen LogP contribution < -0.4 is 0 Å². The van der Waals surface area contributed by atoms with Crippen molar-refractivity contribution in [2.24, 2.45) is 5.92 Å². The minimum absolute atomic E-state index is 0.0348. The molecule has 3 rings (SSSR count). The Balaban J connectivity index is 1.73. The summed E-state index contributed by atoms with van der Waals surface area (Å²) in [7, 11) is -3.51. The van der Waals surface area contributed by atoms with E-state index in [1.54, 1.807) is 6.92 Å². The van der Waals surface area contributed by atoms with Crippen LogP contribution in [0.25, 0.3) is 0 Å². The number of sulfonamides is 1. The normalized spacial score (nSPS) is 14.8. The summed E-state index contributed by atoms with van der Waals surface area (Å²) >= 11 is 0. The van der Waals surface area contributed by atoms with Crippen molar-refractivity contribution in [1.82, 2.24) is 14.1 Å². The number of carbonyl (C=O) groups is 2. The third-order valence-electron chi connectivity index (χ3n) is 6.89. The molecule has 0 aromatic heterocycles. The standard InChI is InChI=1S/C29H41N3O4S/c1-5-37(35,36)31(20-23(2)3)22-29(34)32(21-26-13-11-24(4)12-14-26)27-15-17-30(18-16-27)28(33)19-25-9-7-6-8-10-25/h6-14,23,27H,5,15-22H2,1-4H3. The zero-order chi connectivity index (χ0) is 27.0. The Labute approximate surface area is 222 Å². The highest BCUT2D eigenvalue weighted by Gasteiger charge is 2.32. The van der Waals surface area contributed by atoms with Crippen LogP contribution >= 0.6 is 0 Å². The molecule has 1 aliphatic heterocycles. The van der Waals surface area contributed by atoms with E-state index in [0.29, 0.717) is 45.4 Å². The van der Waals surface area contributed by atoms with Crippen LogP contribution in [-0.2, 0) is 32.6 Å². The predicted molar refractivity (Wildman–Crippen MR) is 147 cm³/mol. The number of rotatable bonds is 11. The predicted octanol–water partition coefficient (Wildman–Crippen LogP) is 3.87. The average Bonchev–Trinajstić information content (AvgIpc) is 2.88. The van der Waals surface area contributed by atoms with Crippen molar-refractivity contribution in [3.63, 3.8) is 0 Å². The number of nitrogens with zero attached hydrogens (tertiary/aromatic N) is 3. The molecule has 2 aromatic carbocycles. The minimum Gasteiger partial charge on any atom is -0.342 e. The van der Waals surface area contributed by atoms with Crippen LogP contribution in [0.5, 0.6) is 0 Å². The first kappa shape index (κ1) is 28.9. The van der Waals surface area contributed by atoms with Gasteiger partial charge in [-0.3, -0.25) is 9.59 Å². The van der Waals surface area contributed by atoms with Gasteiger partial charge in [-0.05, 0) is 43.7 Å². The van der Waals surface area contributed by atoms with Gasteiger partial charge >= 0.3 is 0 Å². The van der Waals surface area contributed by atoms with E-state index in [2.05, 4.69) is 0 Å². The third kappa shape index (κ3) is 8.40. The second-order valence-corrected chi connectivity index (χ2v) is 12.6. The molecule has 0 N–H and O–H groups in total. The van der Waals surface area contributed by atoms with Crippen LogP contribution in [0.4, 0.5) is 0 Å². The van der Waals surface area contributed by atoms with Crippen LogP contribution in [0.1, 0.15) is 50.3 Å². The smallest absolute Gasteiger partial charge is 0.238 e. The molecule has 8 heteroatoms. The van der Waals surface area contributed by atoms with Crippen molar-refractivity contribution in [2.45, 2.75) is 59.5 Å². The molecule has 0 saturated carbocycles. The van der Waals surface area contributed by atoms with E-state index in [1.165, 1.54) is 4.31 Å². The van der Waals surface area contributed by atoms with E-state index in [4.69, 9.17) is 0 Å². The first-order valence-electron chi connectivity index (χ1n) is 13.2. The molecule has 2 amide bonds. The van der Waals surface area contributed by atoms with Gasteiger partial charge in [0.15, 0.2) is 0 Å². The lowest BCUT2D eigenvalue weighted by atomic mass is 10.0. The first-order chi connectivity index (χ1) is 17.6. The van der Waals surface area contributed by atoms with E-state index in [9.17, 15) is 18.0 Å². The zero-order valence-electron chi connectivity index (χ0n) is 22.6. The summed E-state index contributed by atoms with van der Waals surface area (Å²) in [6, 6.07) is 17.7. The summed E-state index contributed by atoms with van der Waals surface area (Å²) < 4.78 is 26.8. The minimum atomic E-state index is -3.51. The summed E-state index contributed by atoms with van der Waals surface area (Å²) in [5, 5.41) is 0. The monoisotopic (exact) mass is 527 g/mol. The number of hydrogen-bond acceptors (Lipinski definition) is 4. The molecule has 0 radical (unpaired) electrons. The van der Waals surface area contributed by atoms with Gasteiger partial charge in [-0.15, -0.1) is 0 Å². The summed E-state index contributed by atoms with van der Waals surface area (Å²) in [6.07, 6.45) is 1.71. The molecule has 37 heavy (non-hydrogen) atoms. The van der Waals surface area contributed by atoms with E-state index >= 15 is 0 Å². The molecule has 2 aromatic rings. The lowest BCUT2D eigenvalue weighted by Crippen LogP contribution is -2.52. The van der Waals surface area contributed by atoms with Crippen LogP contribution in [-0.4, -0.2) is 72.3 Å². The van der Waals surface area contributed by atoms with Crippen molar-refractivity contribution in [2.75, 3.05) is 31.9 Å². The molecule has 1 saturated heterocycles. The van der Waals surface area contributed by atoms with Gasteiger partial charge < -0.3 is 9.80 Å². The SMILES string of the molecule is CCS(=O)(=O)N(CC(=O)N(Cc1ccc(C)cc1)C1CCN(C(=O)Cc2ccccc2)CC1)CC(C)C. The summed E-state index contributed by atoms with van der Waals surface area (Å²) in [4.78, 5) is 30.2. The Morgan fingerprint density at radius 1 is 0.973 bits per heavy atom. The Kier molecular flexibility index (Phi) is 10.3. The molecule has 0 atom stereocenters. The maximum Gasteiger partial charge on any atom is 0.238 e.